The molecule has 1 saturated heterocycles. The molecule has 1 aromatic carbocycles. The maximum absolute atomic E-state index is 5.72. The van der Waals surface area contributed by atoms with E-state index in [9.17, 15) is 0 Å². The lowest BCUT2D eigenvalue weighted by atomic mass is 9.97. The number of rotatable bonds is 4. The van der Waals surface area contributed by atoms with E-state index >= 15 is 0 Å². The van der Waals surface area contributed by atoms with Gasteiger partial charge < -0.3 is 10.3 Å². The maximum atomic E-state index is 5.72. The Hall–Kier alpha value is -1.36. The number of hydrogen-bond donors (Lipinski definition) is 1. The fraction of sp³-hybridized carbons (Fsp3) is 0.438. The Labute approximate surface area is 131 Å². The second kappa shape index (κ2) is 7.59. The van der Waals surface area contributed by atoms with Gasteiger partial charge in [-0.05, 0) is 38.4 Å². The van der Waals surface area contributed by atoms with Crippen molar-refractivity contribution in [2.24, 2.45) is 11.7 Å². The quantitative estimate of drug-likeness (QED) is 0.943. The van der Waals surface area contributed by atoms with E-state index in [1.54, 1.807) is 0 Å². The van der Waals surface area contributed by atoms with Gasteiger partial charge in [0.25, 0.3) is 0 Å². The number of likely N-dealkylation sites (tertiary alicyclic amines) is 1. The zero-order valence-corrected chi connectivity index (χ0v) is 12.9. The van der Waals surface area contributed by atoms with Crippen LogP contribution in [0.4, 0.5) is 0 Å². The van der Waals surface area contributed by atoms with Crippen molar-refractivity contribution in [1.82, 2.24) is 10.1 Å². The monoisotopic (exact) mass is 307 g/mol. The Bertz CT molecular complexity index is 535. The fourth-order valence-corrected chi connectivity index (χ4v) is 2.73. The topological polar surface area (TPSA) is 55.3 Å². The summed E-state index contributed by atoms with van der Waals surface area (Å²) in [6, 6.07) is 12.2. The van der Waals surface area contributed by atoms with Gasteiger partial charge in [-0.3, -0.25) is 4.90 Å². The summed E-state index contributed by atoms with van der Waals surface area (Å²) in [5.74, 6) is 1.64. The zero-order chi connectivity index (χ0) is 13.8. The predicted molar refractivity (Wildman–Crippen MR) is 86.2 cm³/mol. The van der Waals surface area contributed by atoms with E-state index in [2.05, 4.69) is 10.1 Å². The SMILES string of the molecule is Cl.NCC1CCN(Cc2cc(-c3ccccc3)no2)CC1. The zero-order valence-electron chi connectivity index (χ0n) is 12.1. The van der Waals surface area contributed by atoms with Crippen LogP contribution in [0.3, 0.4) is 0 Å². The number of halogens is 1. The van der Waals surface area contributed by atoms with Crippen molar-refractivity contribution < 1.29 is 4.52 Å². The molecule has 1 aliphatic rings. The Morgan fingerprint density at radius 3 is 2.57 bits per heavy atom. The van der Waals surface area contributed by atoms with Gasteiger partial charge in [0.05, 0.1) is 6.54 Å². The third-order valence-corrected chi connectivity index (χ3v) is 4.05. The molecule has 1 fully saturated rings. The molecule has 2 aromatic rings. The van der Waals surface area contributed by atoms with Crippen molar-refractivity contribution in [1.29, 1.82) is 0 Å². The summed E-state index contributed by atoms with van der Waals surface area (Å²) in [6.45, 7) is 3.86. The van der Waals surface area contributed by atoms with Crippen molar-refractivity contribution in [3.05, 3.63) is 42.2 Å². The van der Waals surface area contributed by atoms with Crippen LogP contribution in [0.25, 0.3) is 11.3 Å². The standard InChI is InChI=1S/C16H21N3O.ClH/c17-11-13-6-8-19(9-7-13)12-15-10-16(18-20-15)14-4-2-1-3-5-14;/h1-5,10,13H,6-9,11-12,17H2;1H. The van der Waals surface area contributed by atoms with E-state index in [4.69, 9.17) is 10.3 Å². The molecule has 0 radical (unpaired) electrons. The molecule has 0 spiro atoms. The van der Waals surface area contributed by atoms with Crippen LogP contribution in [0.1, 0.15) is 18.6 Å². The molecular formula is C16H22ClN3O. The first-order valence-electron chi connectivity index (χ1n) is 7.28. The number of piperidine rings is 1. The van der Waals surface area contributed by atoms with E-state index in [1.807, 2.05) is 36.4 Å². The van der Waals surface area contributed by atoms with E-state index in [0.717, 1.165) is 43.2 Å². The molecule has 114 valence electrons. The summed E-state index contributed by atoms with van der Waals surface area (Å²) in [6.07, 6.45) is 2.38. The van der Waals surface area contributed by atoms with Crippen LogP contribution in [0, 0.1) is 5.92 Å². The van der Waals surface area contributed by atoms with Crippen LogP contribution in [0.15, 0.2) is 40.9 Å². The van der Waals surface area contributed by atoms with Crippen LogP contribution in [0.2, 0.25) is 0 Å². The van der Waals surface area contributed by atoms with Gasteiger partial charge in [0.2, 0.25) is 0 Å². The highest BCUT2D eigenvalue weighted by Crippen LogP contribution is 2.21. The summed E-state index contributed by atoms with van der Waals surface area (Å²) < 4.78 is 5.46. The maximum Gasteiger partial charge on any atom is 0.151 e. The van der Waals surface area contributed by atoms with E-state index in [-0.39, 0.29) is 12.4 Å². The molecule has 21 heavy (non-hydrogen) atoms. The molecule has 5 heteroatoms. The number of hydrogen-bond acceptors (Lipinski definition) is 4. The first-order chi connectivity index (χ1) is 9.85. The minimum absolute atomic E-state index is 0. The molecule has 0 unspecified atom stereocenters. The van der Waals surface area contributed by atoms with Gasteiger partial charge in [-0.15, -0.1) is 12.4 Å². The summed E-state index contributed by atoms with van der Waals surface area (Å²) in [5.41, 5.74) is 7.74. The number of benzene rings is 1. The predicted octanol–water partition coefficient (Wildman–Crippen LogP) is 2.93. The minimum atomic E-state index is 0. The van der Waals surface area contributed by atoms with E-state index in [1.165, 1.54) is 12.8 Å². The van der Waals surface area contributed by atoms with Gasteiger partial charge in [-0.25, -0.2) is 0 Å². The molecule has 3 rings (SSSR count). The average molecular weight is 308 g/mol. The third-order valence-electron chi connectivity index (χ3n) is 4.05. The smallest absolute Gasteiger partial charge is 0.151 e. The van der Waals surface area contributed by atoms with Gasteiger partial charge >= 0.3 is 0 Å². The van der Waals surface area contributed by atoms with Crippen LogP contribution >= 0.6 is 12.4 Å². The molecule has 0 amide bonds. The first kappa shape index (κ1) is 16.0. The highest BCUT2D eigenvalue weighted by atomic mass is 35.5. The van der Waals surface area contributed by atoms with Gasteiger partial charge in [-0.2, -0.15) is 0 Å². The van der Waals surface area contributed by atoms with Crippen molar-refractivity contribution in [3.8, 4) is 11.3 Å². The summed E-state index contributed by atoms with van der Waals surface area (Å²) in [4.78, 5) is 2.42. The lowest BCUT2D eigenvalue weighted by Gasteiger charge is -2.30. The molecular weight excluding hydrogens is 286 g/mol. The normalized spacial score (nSPS) is 16.6. The first-order valence-corrected chi connectivity index (χ1v) is 7.28. The Kier molecular flexibility index (Phi) is 5.79. The van der Waals surface area contributed by atoms with Crippen molar-refractivity contribution in [2.45, 2.75) is 19.4 Å². The Morgan fingerprint density at radius 2 is 1.90 bits per heavy atom. The largest absolute Gasteiger partial charge is 0.359 e. The van der Waals surface area contributed by atoms with Crippen molar-refractivity contribution in [2.75, 3.05) is 19.6 Å². The summed E-state index contributed by atoms with van der Waals surface area (Å²) >= 11 is 0. The van der Waals surface area contributed by atoms with Gasteiger partial charge in [0, 0.05) is 11.6 Å². The summed E-state index contributed by atoms with van der Waals surface area (Å²) in [5, 5.41) is 4.16. The molecule has 1 aromatic heterocycles. The second-order valence-corrected chi connectivity index (χ2v) is 5.50. The highest BCUT2D eigenvalue weighted by Gasteiger charge is 2.19. The van der Waals surface area contributed by atoms with Crippen LogP contribution in [-0.4, -0.2) is 29.7 Å². The third kappa shape index (κ3) is 4.06. The minimum Gasteiger partial charge on any atom is -0.359 e. The highest BCUT2D eigenvalue weighted by molar-refractivity contribution is 5.85. The van der Waals surface area contributed by atoms with Gasteiger partial charge in [0.15, 0.2) is 5.76 Å². The molecule has 0 atom stereocenters. The van der Waals surface area contributed by atoms with Crippen molar-refractivity contribution >= 4 is 12.4 Å². The number of nitrogens with zero attached hydrogens (tertiary/aromatic N) is 2. The van der Waals surface area contributed by atoms with E-state index in [0.29, 0.717) is 5.92 Å². The molecule has 1 aliphatic heterocycles. The van der Waals surface area contributed by atoms with Crippen molar-refractivity contribution in [3.63, 3.8) is 0 Å². The molecule has 2 N–H and O–H groups in total. The molecule has 0 saturated carbocycles. The lowest BCUT2D eigenvalue weighted by molar-refractivity contribution is 0.164. The Morgan fingerprint density at radius 1 is 1.19 bits per heavy atom. The molecule has 2 heterocycles. The Balaban J connectivity index is 0.00000161. The van der Waals surface area contributed by atoms with E-state index < -0.39 is 0 Å². The summed E-state index contributed by atoms with van der Waals surface area (Å²) in [7, 11) is 0. The average Bonchev–Trinajstić information content (AvgIpc) is 2.97. The van der Waals surface area contributed by atoms with Gasteiger partial charge in [0.1, 0.15) is 5.69 Å². The van der Waals surface area contributed by atoms with Gasteiger partial charge in [-0.1, -0.05) is 35.5 Å². The molecule has 0 bridgehead atoms. The molecule has 0 aliphatic carbocycles. The second-order valence-electron chi connectivity index (χ2n) is 5.50. The van der Waals surface area contributed by atoms with Crippen LogP contribution in [0.5, 0.6) is 0 Å². The lowest BCUT2D eigenvalue weighted by Crippen LogP contribution is -2.35. The number of nitrogens with two attached hydrogens (primary N) is 1. The fourth-order valence-electron chi connectivity index (χ4n) is 2.73. The number of aromatic nitrogens is 1. The molecule has 4 nitrogen and oxygen atoms in total. The van der Waals surface area contributed by atoms with Crippen LogP contribution < -0.4 is 5.73 Å². The van der Waals surface area contributed by atoms with Crippen LogP contribution in [-0.2, 0) is 6.54 Å².